The normalized spacial score (nSPS) is 19.4. The highest BCUT2D eigenvalue weighted by atomic mass is 14.9. The van der Waals surface area contributed by atoms with Crippen LogP contribution in [0, 0.1) is 0 Å². The van der Waals surface area contributed by atoms with Crippen molar-refractivity contribution in [3.8, 4) is 0 Å². The van der Waals surface area contributed by atoms with E-state index in [1.165, 1.54) is 36.1 Å². The van der Waals surface area contributed by atoms with Gasteiger partial charge >= 0.3 is 0 Å². The predicted octanol–water partition coefficient (Wildman–Crippen LogP) is 3.85. The molecule has 0 bridgehead atoms. The van der Waals surface area contributed by atoms with E-state index in [4.69, 9.17) is 0 Å². The number of hydrogen-bond donors (Lipinski definition) is 1. The van der Waals surface area contributed by atoms with Crippen LogP contribution in [-0.4, -0.2) is 11.5 Å². The maximum atomic E-state index is 4.69. The zero-order valence-electron chi connectivity index (χ0n) is 12.0. The van der Waals surface area contributed by atoms with Crippen molar-refractivity contribution in [2.24, 2.45) is 0 Å². The van der Waals surface area contributed by atoms with Crippen molar-refractivity contribution in [1.82, 2.24) is 10.3 Å². The summed E-state index contributed by atoms with van der Waals surface area (Å²) < 4.78 is 0. The summed E-state index contributed by atoms with van der Waals surface area (Å²) in [5.41, 5.74) is 4.11. The van der Waals surface area contributed by atoms with E-state index in [0.717, 1.165) is 6.54 Å². The summed E-state index contributed by atoms with van der Waals surface area (Å²) >= 11 is 0. The average Bonchev–Trinajstić information content (AvgIpc) is 2.53. The third kappa shape index (κ3) is 2.61. The topological polar surface area (TPSA) is 24.9 Å². The van der Waals surface area contributed by atoms with Gasteiger partial charge < -0.3 is 5.32 Å². The van der Waals surface area contributed by atoms with E-state index in [0.29, 0.717) is 12.0 Å². The second-order valence-electron chi connectivity index (χ2n) is 5.49. The van der Waals surface area contributed by atoms with Crippen LogP contribution in [0.4, 0.5) is 0 Å². The van der Waals surface area contributed by atoms with E-state index < -0.39 is 0 Å². The van der Waals surface area contributed by atoms with E-state index in [1.807, 2.05) is 6.20 Å². The minimum atomic E-state index is 0.371. The molecule has 1 aliphatic rings. The van der Waals surface area contributed by atoms with Gasteiger partial charge in [0, 0.05) is 23.9 Å². The fourth-order valence-corrected chi connectivity index (χ4v) is 3.34. The van der Waals surface area contributed by atoms with Crippen LogP contribution in [0.15, 0.2) is 48.7 Å². The van der Waals surface area contributed by atoms with Gasteiger partial charge in [0.2, 0.25) is 0 Å². The number of aromatic nitrogens is 1. The maximum absolute atomic E-state index is 4.69. The highest BCUT2D eigenvalue weighted by Crippen LogP contribution is 2.39. The first kappa shape index (κ1) is 13.3. The summed E-state index contributed by atoms with van der Waals surface area (Å²) in [6, 6.07) is 15.5. The van der Waals surface area contributed by atoms with Crippen molar-refractivity contribution in [3.63, 3.8) is 0 Å². The molecule has 0 amide bonds. The number of fused-ring (bicyclic) bond motifs is 1. The minimum absolute atomic E-state index is 0.371. The standard InChI is InChI=1S/C18H22N2/c1-2-19-17(14-8-4-3-5-9-14)16-12-6-10-15-11-7-13-20-18(15)16/h3-5,7-9,11,13,16-17,19H,2,6,10,12H2,1H3. The first-order valence-electron chi connectivity index (χ1n) is 7.62. The van der Waals surface area contributed by atoms with Gasteiger partial charge in [0.05, 0.1) is 0 Å². The van der Waals surface area contributed by atoms with E-state index >= 15 is 0 Å². The molecule has 2 nitrogen and oxygen atoms in total. The Bertz CT molecular complexity index is 550. The van der Waals surface area contributed by atoms with Crippen molar-refractivity contribution >= 4 is 0 Å². The molecule has 0 radical (unpaired) electrons. The summed E-state index contributed by atoms with van der Waals surface area (Å²) in [5, 5.41) is 3.67. The quantitative estimate of drug-likeness (QED) is 0.909. The van der Waals surface area contributed by atoms with Gasteiger partial charge in [-0.3, -0.25) is 4.98 Å². The molecule has 104 valence electrons. The molecule has 0 saturated heterocycles. The molecule has 2 aromatic rings. The molecular weight excluding hydrogens is 244 g/mol. The van der Waals surface area contributed by atoms with Gasteiger partial charge in [-0.2, -0.15) is 0 Å². The molecular formula is C18H22N2. The second kappa shape index (κ2) is 6.19. The van der Waals surface area contributed by atoms with Gasteiger partial charge in [0.25, 0.3) is 0 Å². The molecule has 1 N–H and O–H groups in total. The van der Waals surface area contributed by atoms with Crippen LogP contribution in [-0.2, 0) is 6.42 Å². The number of nitrogens with one attached hydrogen (secondary N) is 1. The lowest BCUT2D eigenvalue weighted by molar-refractivity contribution is 0.400. The Morgan fingerprint density at radius 2 is 2.05 bits per heavy atom. The van der Waals surface area contributed by atoms with Crippen LogP contribution >= 0.6 is 0 Å². The summed E-state index contributed by atoms with van der Waals surface area (Å²) in [7, 11) is 0. The van der Waals surface area contributed by atoms with E-state index in [-0.39, 0.29) is 0 Å². The third-order valence-corrected chi connectivity index (χ3v) is 4.22. The fourth-order valence-electron chi connectivity index (χ4n) is 3.34. The maximum Gasteiger partial charge on any atom is 0.0485 e. The molecule has 1 aliphatic carbocycles. The SMILES string of the molecule is CCNC(c1ccccc1)C1CCCc2cccnc21. The number of pyridine rings is 1. The number of benzene rings is 1. The molecule has 2 heteroatoms. The molecule has 2 atom stereocenters. The van der Waals surface area contributed by atoms with Crippen LogP contribution in [0.1, 0.15) is 48.5 Å². The lowest BCUT2D eigenvalue weighted by Crippen LogP contribution is -2.29. The highest BCUT2D eigenvalue weighted by molar-refractivity contribution is 5.31. The van der Waals surface area contributed by atoms with Gasteiger partial charge in [0.1, 0.15) is 0 Å². The largest absolute Gasteiger partial charge is 0.310 e. The molecule has 1 aromatic heterocycles. The van der Waals surface area contributed by atoms with Gasteiger partial charge in [-0.25, -0.2) is 0 Å². The third-order valence-electron chi connectivity index (χ3n) is 4.22. The average molecular weight is 266 g/mol. The first-order chi connectivity index (χ1) is 9.90. The Balaban J connectivity index is 1.97. The predicted molar refractivity (Wildman–Crippen MR) is 82.8 cm³/mol. The molecule has 2 unspecified atom stereocenters. The Labute approximate surface area is 121 Å². The number of nitrogens with zero attached hydrogens (tertiary/aromatic N) is 1. The van der Waals surface area contributed by atoms with Crippen molar-refractivity contribution in [3.05, 3.63) is 65.5 Å². The molecule has 0 fully saturated rings. The zero-order chi connectivity index (χ0) is 13.8. The number of likely N-dealkylation sites (N-methyl/N-ethyl adjacent to an activating group) is 1. The van der Waals surface area contributed by atoms with Gasteiger partial charge in [-0.05, 0) is 43.0 Å². The number of rotatable bonds is 4. The van der Waals surface area contributed by atoms with Crippen LogP contribution in [0.2, 0.25) is 0 Å². The van der Waals surface area contributed by atoms with E-state index in [9.17, 15) is 0 Å². The molecule has 0 aliphatic heterocycles. The summed E-state index contributed by atoms with van der Waals surface area (Å²) in [6.07, 6.45) is 5.59. The van der Waals surface area contributed by atoms with Crippen molar-refractivity contribution in [2.45, 2.75) is 38.1 Å². The van der Waals surface area contributed by atoms with Crippen molar-refractivity contribution < 1.29 is 0 Å². The van der Waals surface area contributed by atoms with Crippen LogP contribution in [0.25, 0.3) is 0 Å². The molecule has 1 aromatic carbocycles. The second-order valence-corrected chi connectivity index (χ2v) is 5.49. The monoisotopic (exact) mass is 266 g/mol. The minimum Gasteiger partial charge on any atom is -0.310 e. The molecule has 0 saturated carbocycles. The molecule has 20 heavy (non-hydrogen) atoms. The first-order valence-corrected chi connectivity index (χ1v) is 7.62. The Hall–Kier alpha value is -1.67. The Morgan fingerprint density at radius 1 is 1.20 bits per heavy atom. The number of aryl methyl sites for hydroxylation is 1. The number of hydrogen-bond acceptors (Lipinski definition) is 2. The molecule has 0 spiro atoms. The van der Waals surface area contributed by atoms with Crippen LogP contribution in [0.5, 0.6) is 0 Å². The lowest BCUT2D eigenvalue weighted by Gasteiger charge is -2.32. The Kier molecular flexibility index (Phi) is 4.12. The Morgan fingerprint density at radius 3 is 2.85 bits per heavy atom. The van der Waals surface area contributed by atoms with Gasteiger partial charge in [-0.15, -0.1) is 0 Å². The molecule has 1 heterocycles. The van der Waals surface area contributed by atoms with Crippen LogP contribution in [0.3, 0.4) is 0 Å². The zero-order valence-corrected chi connectivity index (χ0v) is 12.0. The fraction of sp³-hybridized carbons (Fsp3) is 0.389. The smallest absolute Gasteiger partial charge is 0.0485 e. The van der Waals surface area contributed by atoms with E-state index in [2.05, 4.69) is 59.7 Å². The van der Waals surface area contributed by atoms with Crippen molar-refractivity contribution in [1.29, 1.82) is 0 Å². The highest BCUT2D eigenvalue weighted by Gasteiger charge is 2.29. The summed E-state index contributed by atoms with van der Waals surface area (Å²) in [6.45, 7) is 3.16. The summed E-state index contributed by atoms with van der Waals surface area (Å²) in [5.74, 6) is 0.488. The lowest BCUT2D eigenvalue weighted by atomic mass is 9.79. The van der Waals surface area contributed by atoms with Gasteiger partial charge in [-0.1, -0.05) is 43.3 Å². The van der Waals surface area contributed by atoms with Crippen LogP contribution < -0.4 is 5.32 Å². The summed E-state index contributed by atoms with van der Waals surface area (Å²) in [4.78, 5) is 4.69. The van der Waals surface area contributed by atoms with Gasteiger partial charge in [0.15, 0.2) is 0 Å². The molecule has 3 rings (SSSR count). The van der Waals surface area contributed by atoms with E-state index in [1.54, 1.807) is 0 Å². The van der Waals surface area contributed by atoms with Crippen molar-refractivity contribution in [2.75, 3.05) is 6.54 Å².